The minimum atomic E-state index is -0.700. The van der Waals surface area contributed by atoms with Crippen LogP contribution in [-0.2, 0) is 7.05 Å². The molecule has 2 aromatic heterocycles. The maximum atomic E-state index is 14.2. The minimum absolute atomic E-state index is 0.134. The molecule has 4 rings (SSSR count). The fourth-order valence-electron chi connectivity index (χ4n) is 3.49. The van der Waals surface area contributed by atoms with Crippen molar-refractivity contribution in [3.05, 3.63) is 64.2 Å². The molecule has 8 heteroatoms. The standard InChI is InChI=1S/C19H19FN6O/c1-11-22-13-8-5-7-12(15(13)18(27)25(11)4)16-19(2,3)26(24-23-16)14-9-6-10-21-17(14)20/h5-10,16H,1-4H3. The van der Waals surface area contributed by atoms with Crippen molar-refractivity contribution in [2.24, 2.45) is 17.4 Å². The van der Waals surface area contributed by atoms with Crippen LogP contribution in [0.5, 0.6) is 0 Å². The van der Waals surface area contributed by atoms with Gasteiger partial charge in [0.2, 0.25) is 5.95 Å². The molecule has 138 valence electrons. The van der Waals surface area contributed by atoms with Crippen LogP contribution in [0.25, 0.3) is 10.9 Å². The first-order valence-corrected chi connectivity index (χ1v) is 8.60. The number of benzene rings is 1. The fraction of sp³-hybridized carbons (Fsp3) is 0.316. The van der Waals surface area contributed by atoms with Gasteiger partial charge < -0.3 is 0 Å². The molecular weight excluding hydrogens is 347 g/mol. The van der Waals surface area contributed by atoms with E-state index in [4.69, 9.17) is 0 Å². The summed E-state index contributed by atoms with van der Waals surface area (Å²) < 4.78 is 15.7. The lowest BCUT2D eigenvalue weighted by Gasteiger charge is -2.33. The Kier molecular flexibility index (Phi) is 3.80. The highest BCUT2D eigenvalue weighted by Crippen LogP contribution is 2.44. The highest BCUT2D eigenvalue weighted by atomic mass is 19.1. The minimum Gasteiger partial charge on any atom is -0.299 e. The normalized spacial score (nSPS) is 18.4. The van der Waals surface area contributed by atoms with Crippen LogP contribution in [0.15, 0.2) is 51.7 Å². The predicted octanol–water partition coefficient (Wildman–Crippen LogP) is 3.48. The molecule has 0 spiro atoms. The summed E-state index contributed by atoms with van der Waals surface area (Å²) in [6.07, 6.45) is 1.39. The molecule has 7 nitrogen and oxygen atoms in total. The van der Waals surface area contributed by atoms with E-state index in [9.17, 15) is 9.18 Å². The van der Waals surface area contributed by atoms with E-state index in [-0.39, 0.29) is 11.2 Å². The molecule has 0 bridgehead atoms. The molecule has 3 aromatic rings. The van der Waals surface area contributed by atoms with E-state index in [0.717, 1.165) is 5.56 Å². The SMILES string of the molecule is Cc1nc2cccc(C3N=NN(c4cccnc4F)C3(C)C)c2c(=O)n1C. The van der Waals surface area contributed by atoms with Gasteiger partial charge in [-0.05, 0) is 44.5 Å². The molecule has 1 aromatic carbocycles. The van der Waals surface area contributed by atoms with E-state index in [1.165, 1.54) is 15.8 Å². The predicted molar refractivity (Wildman–Crippen MR) is 100 cm³/mol. The highest BCUT2D eigenvalue weighted by molar-refractivity contribution is 5.82. The van der Waals surface area contributed by atoms with Crippen LogP contribution in [-0.4, -0.2) is 20.1 Å². The summed E-state index contributed by atoms with van der Waals surface area (Å²) >= 11 is 0. The zero-order valence-corrected chi connectivity index (χ0v) is 15.5. The smallest absolute Gasteiger partial charge is 0.261 e. The molecule has 1 aliphatic heterocycles. The number of pyridine rings is 1. The van der Waals surface area contributed by atoms with Crippen LogP contribution in [0.4, 0.5) is 10.1 Å². The molecule has 0 aliphatic carbocycles. The van der Waals surface area contributed by atoms with E-state index < -0.39 is 17.5 Å². The highest BCUT2D eigenvalue weighted by Gasteiger charge is 2.44. The number of aryl methyl sites for hydroxylation is 1. The van der Waals surface area contributed by atoms with Crippen molar-refractivity contribution in [2.75, 3.05) is 5.01 Å². The van der Waals surface area contributed by atoms with Crippen molar-refractivity contribution >= 4 is 16.6 Å². The molecule has 0 saturated carbocycles. The van der Waals surface area contributed by atoms with Crippen LogP contribution in [0.1, 0.15) is 31.3 Å². The van der Waals surface area contributed by atoms with Crippen LogP contribution in [0, 0.1) is 12.9 Å². The second-order valence-electron chi connectivity index (χ2n) is 7.15. The molecule has 0 N–H and O–H groups in total. The van der Waals surface area contributed by atoms with Crippen molar-refractivity contribution in [3.8, 4) is 0 Å². The first-order chi connectivity index (χ1) is 12.8. The van der Waals surface area contributed by atoms with E-state index in [1.807, 2.05) is 32.0 Å². The van der Waals surface area contributed by atoms with E-state index in [1.54, 1.807) is 26.1 Å². The Labute approximate surface area is 155 Å². The fourth-order valence-corrected chi connectivity index (χ4v) is 3.49. The van der Waals surface area contributed by atoms with Gasteiger partial charge in [-0.3, -0.25) is 9.36 Å². The summed E-state index contributed by atoms with van der Waals surface area (Å²) in [5.74, 6) is 0.0207. The topological polar surface area (TPSA) is 75.7 Å². The van der Waals surface area contributed by atoms with Gasteiger partial charge in [-0.2, -0.15) is 9.50 Å². The summed E-state index contributed by atoms with van der Waals surface area (Å²) in [5.41, 5.74) is 0.751. The van der Waals surface area contributed by atoms with Crippen molar-refractivity contribution in [3.63, 3.8) is 0 Å². The summed E-state index contributed by atoms with van der Waals surface area (Å²) in [4.78, 5) is 21.1. The van der Waals surface area contributed by atoms with Crippen LogP contribution < -0.4 is 10.6 Å². The Morgan fingerprint density at radius 1 is 1.19 bits per heavy atom. The first-order valence-electron chi connectivity index (χ1n) is 8.60. The average Bonchev–Trinajstić information content (AvgIpc) is 2.94. The van der Waals surface area contributed by atoms with Gasteiger partial charge >= 0.3 is 0 Å². The molecular formula is C19H19FN6O. The number of halogens is 1. The lowest BCUT2D eigenvalue weighted by atomic mass is 9.87. The van der Waals surface area contributed by atoms with Gasteiger partial charge in [-0.25, -0.2) is 15.0 Å². The number of fused-ring (bicyclic) bond motifs is 1. The summed E-state index contributed by atoms with van der Waals surface area (Å²) in [6, 6.07) is 8.32. The van der Waals surface area contributed by atoms with Gasteiger partial charge in [0.25, 0.3) is 5.56 Å². The van der Waals surface area contributed by atoms with E-state index in [0.29, 0.717) is 16.7 Å². The zero-order chi connectivity index (χ0) is 19.3. The second kappa shape index (κ2) is 5.94. The van der Waals surface area contributed by atoms with Gasteiger partial charge in [0.05, 0.1) is 16.4 Å². The molecule has 0 amide bonds. The van der Waals surface area contributed by atoms with Crippen molar-refractivity contribution < 1.29 is 4.39 Å². The number of hydrogen-bond donors (Lipinski definition) is 0. The Morgan fingerprint density at radius 3 is 2.70 bits per heavy atom. The van der Waals surface area contributed by atoms with Gasteiger partial charge in [0, 0.05) is 13.2 Å². The first kappa shape index (κ1) is 17.3. The third-order valence-electron chi connectivity index (χ3n) is 5.09. The number of rotatable bonds is 2. The van der Waals surface area contributed by atoms with Gasteiger partial charge in [0.15, 0.2) is 0 Å². The van der Waals surface area contributed by atoms with Crippen molar-refractivity contribution in [2.45, 2.75) is 32.4 Å². The number of aromatic nitrogens is 3. The Balaban J connectivity index is 1.89. The van der Waals surface area contributed by atoms with Crippen molar-refractivity contribution in [1.29, 1.82) is 0 Å². The number of nitrogens with zero attached hydrogens (tertiary/aromatic N) is 6. The van der Waals surface area contributed by atoms with Crippen LogP contribution >= 0.6 is 0 Å². The average molecular weight is 366 g/mol. The molecule has 3 heterocycles. The molecule has 0 fully saturated rings. The van der Waals surface area contributed by atoms with E-state index >= 15 is 0 Å². The van der Waals surface area contributed by atoms with Gasteiger partial charge in [-0.1, -0.05) is 17.4 Å². The Hall–Kier alpha value is -3.16. The number of anilines is 1. The molecule has 1 unspecified atom stereocenters. The summed E-state index contributed by atoms with van der Waals surface area (Å²) in [6.45, 7) is 5.61. The van der Waals surface area contributed by atoms with Gasteiger partial charge in [-0.15, -0.1) is 0 Å². The van der Waals surface area contributed by atoms with E-state index in [2.05, 4.69) is 20.3 Å². The molecule has 1 atom stereocenters. The second-order valence-corrected chi connectivity index (χ2v) is 7.15. The lowest BCUT2D eigenvalue weighted by molar-refractivity contribution is 0.435. The summed E-state index contributed by atoms with van der Waals surface area (Å²) in [7, 11) is 1.69. The Morgan fingerprint density at radius 2 is 1.96 bits per heavy atom. The quantitative estimate of drug-likeness (QED) is 0.651. The van der Waals surface area contributed by atoms with Gasteiger partial charge in [0.1, 0.15) is 17.6 Å². The third kappa shape index (κ3) is 2.51. The van der Waals surface area contributed by atoms with Crippen LogP contribution in [0.3, 0.4) is 0 Å². The molecule has 1 aliphatic rings. The van der Waals surface area contributed by atoms with Crippen molar-refractivity contribution in [1.82, 2.24) is 14.5 Å². The lowest BCUT2D eigenvalue weighted by Crippen LogP contribution is -2.41. The number of hydrogen-bond acceptors (Lipinski definition) is 6. The Bertz CT molecular complexity index is 1140. The maximum Gasteiger partial charge on any atom is 0.261 e. The molecule has 27 heavy (non-hydrogen) atoms. The largest absolute Gasteiger partial charge is 0.299 e. The molecule has 0 radical (unpaired) electrons. The maximum absolute atomic E-state index is 14.2. The monoisotopic (exact) mass is 366 g/mol. The zero-order valence-electron chi connectivity index (χ0n) is 15.5. The summed E-state index contributed by atoms with van der Waals surface area (Å²) in [5, 5.41) is 10.6. The van der Waals surface area contributed by atoms with Crippen LogP contribution in [0.2, 0.25) is 0 Å². The third-order valence-corrected chi connectivity index (χ3v) is 5.09. The molecule has 0 saturated heterocycles.